The number of hydrogen-bond donors (Lipinski definition) is 0. The van der Waals surface area contributed by atoms with Crippen LogP contribution in [-0.2, 0) is 0 Å². The van der Waals surface area contributed by atoms with Crippen LogP contribution >= 0.6 is 0 Å². The van der Waals surface area contributed by atoms with Gasteiger partial charge in [0.2, 0.25) is 0 Å². The molecule has 0 saturated heterocycles. The molecule has 0 radical (unpaired) electrons. The highest BCUT2D eigenvalue weighted by Crippen LogP contribution is 2.07. The van der Waals surface area contributed by atoms with Crippen molar-refractivity contribution in [2.24, 2.45) is 0 Å². The van der Waals surface area contributed by atoms with E-state index in [1.54, 1.807) is 12.5 Å². The largest absolute Gasteiger partial charge is 0.245 e. The molecule has 0 aliphatic heterocycles. The van der Waals surface area contributed by atoms with Gasteiger partial charge in [0.05, 0.1) is 5.69 Å². The summed E-state index contributed by atoms with van der Waals surface area (Å²) in [7, 11) is 0. The minimum absolute atomic E-state index is 0.922. The molecule has 0 N–H and O–H groups in total. The van der Waals surface area contributed by atoms with Crippen LogP contribution in [0.3, 0.4) is 0 Å². The molecule has 15 heavy (non-hydrogen) atoms. The van der Waals surface area contributed by atoms with Gasteiger partial charge in [-0.05, 0) is 24.6 Å². The van der Waals surface area contributed by atoms with E-state index < -0.39 is 0 Å². The summed E-state index contributed by atoms with van der Waals surface area (Å²) in [4.78, 5) is 7.98. The van der Waals surface area contributed by atoms with Gasteiger partial charge in [-0.2, -0.15) is 0 Å². The molecule has 1 aromatic heterocycles. The highest BCUT2D eigenvalue weighted by molar-refractivity contribution is 5.67. The average molecular weight is 196 g/mol. The standard InChI is InChI=1S/C13H12N2/c1-11-2-4-12(5-3-11)6-7-13-8-9-14-10-15-13/h2-10H,1H3. The normalized spacial score (nSPS) is 10.7. The summed E-state index contributed by atoms with van der Waals surface area (Å²) in [6, 6.07) is 10.3. The van der Waals surface area contributed by atoms with Gasteiger partial charge in [-0.25, -0.2) is 9.97 Å². The molecule has 74 valence electrons. The lowest BCUT2D eigenvalue weighted by atomic mass is 10.1. The molecule has 2 nitrogen and oxygen atoms in total. The fraction of sp³-hybridized carbons (Fsp3) is 0.0769. The van der Waals surface area contributed by atoms with Gasteiger partial charge in [-0.1, -0.05) is 35.9 Å². The topological polar surface area (TPSA) is 25.8 Å². The van der Waals surface area contributed by atoms with E-state index in [4.69, 9.17) is 0 Å². The molecular formula is C13H12N2. The van der Waals surface area contributed by atoms with Gasteiger partial charge >= 0.3 is 0 Å². The molecule has 2 heteroatoms. The molecule has 1 heterocycles. The molecule has 0 aliphatic carbocycles. The Labute approximate surface area is 89.3 Å². The fourth-order valence-electron chi connectivity index (χ4n) is 1.26. The monoisotopic (exact) mass is 196 g/mol. The van der Waals surface area contributed by atoms with Crippen molar-refractivity contribution in [2.75, 3.05) is 0 Å². The average Bonchev–Trinajstić information content (AvgIpc) is 2.30. The van der Waals surface area contributed by atoms with Crippen LogP contribution in [0.5, 0.6) is 0 Å². The lowest BCUT2D eigenvalue weighted by Crippen LogP contribution is -1.80. The van der Waals surface area contributed by atoms with Crippen LogP contribution in [0, 0.1) is 6.92 Å². The van der Waals surface area contributed by atoms with E-state index >= 15 is 0 Å². The van der Waals surface area contributed by atoms with Crippen LogP contribution in [0.25, 0.3) is 12.2 Å². The van der Waals surface area contributed by atoms with E-state index in [1.807, 2.05) is 18.2 Å². The zero-order valence-electron chi connectivity index (χ0n) is 8.59. The third-order valence-electron chi connectivity index (χ3n) is 2.13. The molecule has 0 atom stereocenters. The predicted octanol–water partition coefficient (Wildman–Crippen LogP) is 2.96. The first-order valence-electron chi connectivity index (χ1n) is 4.85. The minimum Gasteiger partial charge on any atom is -0.245 e. The second-order valence-corrected chi connectivity index (χ2v) is 3.38. The Balaban J connectivity index is 2.15. The van der Waals surface area contributed by atoms with E-state index in [0.717, 1.165) is 5.69 Å². The van der Waals surface area contributed by atoms with Crippen molar-refractivity contribution in [2.45, 2.75) is 6.92 Å². The van der Waals surface area contributed by atoms with Crippen molar-refractivity contribution in [3.8, 4) is 0 Å². The first kappa shape index (κ1) is 9.59. The van der Waals surface area contributed by atoms with Crippen molar-refractivity contribution in [3.63, 3.8) is 0 Å². The summed E-state index contributed by atoms with van der Waals surface area (Å²) < 4.78 is 0. The Morgan fingerprint density at radius 1 is 1.00 bits per heavy atom. The van der Waals surface area contributed by atoms with Crippen LogP contribution < -0.4 is 0 Å². The maximum atomic E-state index is 4.11. The Hall–Kier alpha value is -1.96. The van der Waals surface area contributed by atoms with Crippen molar-refractivity contribution >= 4 is 12.2 Å². The summed E-state index contributed by atoms with van der Waals surface area (Å²) in [5.41, 5.74) is 3.37. The van der Waals surface area contributed by atoms with E-state index in [0.29, 0.717) is 0 Å². The zero-order chi connectivity index (χ0) is 10.5. The van der Waals surface area contributed by atoms with Crippen molar-refractivity contribution in [1.82, 2.24) is 9.97 Å². The van der Waals surface area contributed by atoms with Gasteiger partial charge in [0.25, 0.3) is 0 Å². The maximum Gasteiger partial charge on any atom is 0.115 e. The molecule has 2 aromatic rings. The first-order valence-corrected chi connectivity index (χ1v) is 4.85. The van der Waals surface area contributed by atoms with Crippen molar-refractivity contribution < 1.29 is 0 Å². The minimum atomic E-state index is 0.922. The van der Waals surface area contributed by atoms with Gasteiger partial charge in [0.1, 0.15) is 6.33 Å². The van der Waals surface area contributed by atoms with E-state index in [2.05, 4.69) is 41.2 Å². The molecule has 0 amide bonds. The summed E-state index contributed by atoms with van der Waals surface area (Å²) in [6.45, 7) is 2.08. The molecule has 0 unspecified atom stereocenters. The second-order valence-electron chi connectivity index (χ2n) is 3.38. The van der Waals surface area contributed by atoms with Gasteiger partial charge in [0.15, 0.2) is 0 Å². The molecule has 1 aromatic carbocycles. The number of aromatic nitrogens is 2. The number of hydrogen-bond acceptors (Lipinski definition) is 2. The maximum absolute atomic E-state index is 4.11. The van der Waals surface area contributed by atoms with E-state index in [9.17, 15) is 0 Å². The Kier molecular flexibility index (Phi) is 2.88. The Bertz CT molecular complexity index is 444. The van der Waals surface area contributed by atoms with Crippen LogP contribution in [0.1, 0.15) is 16.8 Å². The Morgan fingerprint density at radius 3 is 2.47 bits per heavy atom. The summed E-state index contributed by atoms with van der Waals surface area (Å²) in [5.74, 6) is 0. The molecule has 2 rings (SSSR count). The highest BCUT2D eigenvalue weighted by Gasteiger charge is 1.88. The number of nitrogens with zero attached hydrogens (tertiary/aromatic N) is 2. The summed E-state index contributed by atoms with van der Waals surface area (Å²) in [6.07, 6.45) is 7.31. The number of aryl methyl sites for hydroxylation is 1. The SMILES string of the molecule is Cc1ccc(C=Cc2ccncn2)cc1. The lowest BCUT2D eigenvalue weighted by Gasteiger charge is -1.94. The van der Waals surface area contributed by atoms with E-state index in [1.165, 1.54) is 11.1 Å². The van der Waals surface area contributed by atoms with Gasteiger partial charge in [0, 0.05) is 6.20 Å². The van der Waals surface area contributed by atoms with Crippen molar-refractivity contribution in [3.05, 3.63) is 59.7 Å². The van der Waals surface area contributed by atoms with Crippen LogP contribution in [0.4, 0.5) is 0 Å². The van der Waals surface area contributed by atoms with Gasteiger partial charge < -0.3 is 0 Å². The molecular weight excluding hydrogens is 184 g/mol. The first-order chi connectivity index (χ1) is 7.34. The van der Waals surface area contributed by atoms with Crippen LogP contribution in [0.2, 0.25) is 0 Å². The number of rotatable bonds is 2. The number of benzene rings is 1. The molecule has 0 bridgehead atoms. The van der Waals surface area contributed by atoms with Crippen molar-refractivity contribution in [1.29, 1.82) is 0 Å². The molecule has 0 aliphatic rings. The zero-order valence-corrected chi connectivity index (χ0v) is 8.59. The van der Waals surface area contributed by atoms with Gasteiger partial charge in [-0.3, -0.25) is 0 Å². The quantitative estimate of drug-likeness (QED) is 0.738. The van der Waals surface area contributed by atoms with E-state index in [-0.39, 0.29) is 0 Å². The van der Waals surface area contributed by atoms with Gasteiger partial charge in [-0.15, -0.1) is 0 Å². The highest BCUT2D eigenvalue weighted by atomic mass is 14.8. The Morgan fingerprint density at radius 2 is 1.80 bits per heavy atom. The van der Waals surface area contributed by atoms with Crippen LogP contribution in [-0.4, -0.2) is 9.97 Å². The summed E-state index contributed by atoms with van der Waals surface area (Å²) in [5, 5.41) is 0. The summed E-state index contributed by atoms with van der Waals surface area (Å²) >= 11 is 0. The third-order valence-corrected chi connectivity index (χ3v) is 2.13. The second kappa shape index (κ2) is 4.51. The smallest absolute Gasteiger partial charge is 0.115 e. The predicted molar refractivity (Wildman–Crippen MR) is 62.1 cm³/mol. The lowest BCUT2D eigenvalue weighted by molar-refractivity contribution is 1.15. The molecule has 0 fully saturated rings. The third kappa shape index (κ3) is 2.74. The van der Waals surface area contributed by atoms with Crippen LogP contribution in [0.15, 0.2) is 42.9 Å². The fourth-order valence-corrected chi connectivity index (χ4v) is 1.26. The molecule has 0 saturated carbocycles. The molecule has 0 spiro atoms.